The number of rotatable bonds is 4. The molecule has 3 rings (SSSR count). The number of aryl methyl sites for hydroxylation is 1. The SMILES string of the molecule is COC(=O)C1(C(=O)OC)C[C@](C)(c2ccccc2)O[C@@H]1c1ccccc1C. The molecule has 1 aliphatic rings. The van der Waals surface area contributed by atoms with E-state index in [4.69, 9.17) is 14.2 Å². The molecule has 142 valence electrons. The summed E-state index contributed by atoms with van der Waals surface area (Å²) in [4.78, 5) is 25.9. The van der Waals surface area contributed by atoms with Crippen LogP contribution in [0.1, 0.15) is 36.1 Å². The molecule has 0 aliphatic carbocycles. The lowest BCUT2D eigenvalue weighted by Crippen LogP contribution is -2.44. The third-order valence-corrected chi connectivity index (χ3v) is 5.40. The smallest absolute Gasteiger partial charge is 0.326 e. The predicted octanol–water partition coefficient (Wildman–Crippen LogP) is 3.70. The zero-order valence-corrected chi connectivity index (χ0v) is 16.0. The Hall–Kier alpha value is -2.66. The first-order valence-corrected chi connectivity index (χ1v) is 8.85. The first kappa shape index (κ1) is 19.1. The van der Waals surface area contributed by atoms with E-state index in [1.54, 1.807) is 0 Å². The number of carbonyl (C=O) groups is 2. The third kappa shape index (κ3) is 3.02. The lowest BCUT2D eigenvalue weighted by Gasteiger charge is -2.29. The van der Waals surface area contributed by atoms with Crippen LogP contribution in [-0.4, -0.2) is 26.2 Å². The molecule has 1 aliphatic heterocycles. The van der Waals surface area contributed by atoms with Crippen molar-refractivity contribution in [1.82, 2.24) is 0 Å². The Labute approximate surface area is 159 Å². The number of methoxy groups -OCH3 is 2. The van der Waals surface area contributed by atoms with E-state index >= 15 is 0 Å². The van der Waals surface area contributed by atoms with Crippen LogP contribution >= 0.6 is 0 Å². The van der Waals surface area contributed by atoms with Gasteiger partial charge < -0.3 is 14.2 Å². The first-order valence-electron chi connectivity index (χ1n) is 8.85. The van der Waals surface area contributed by atoms with Gasteiger partial charge in [0.05, 0.1) is 19.8 Å². The summed E-state index contributed by atoms with van der Waals surface area (Å²) in [6.07, 6.45) is -0.689. The summed E-state index contributed by atoms with van der Waals surface area (Å²) >= 11 is 0. The molecule has 1 fully saturated rings. The maximum atomic E-state index is 12.9. The third-order valence-electron chi connectivity index (χ3n) is 5.40. The van der Waals surface area contributed by atoms with Gasteiger partial charge in [0, 0.05) is 6.42 Å². The molecular weight excluding hydrogens is 344 g/mol. The Balaban J connectivity index is 2.22. The van der Waals surface area contributed by atoms with Gasteiger partial charge in [0.15, 0.2) is 5.41 Å². The van der Waals surface area contributed by atoms with Crippen molar-refractivity contribution in [2.75, 3.05) is 14.2 Å². The fourth-order valence-corrected chi connectivity index (χ4v) is 4.00. The van der Waals surface area contributed by atoms with Crippen molar-refractivity contribution in [3.8, 4) is 0 Å². The highest BCUT2D eigenvalue weighted by atomic mass is 16.6. The molecule has 0 amide bonds. The summed E-state index contributed by atoms with van der Waals surface area (Å²) in [6.45, 7) is 3.82. The molecule has 0 unspecified atom stereocenters. The minimum Gasteiger partial charge on any atom is -0.468 e. The molecule has 1 heterocycles. The van der Waals surface area contributed by atoms with Crippen LogP contribution in [0.15, 0.2) is 54.6 Å². The van der Waals surface area contributed by atoms with Crippen LogP contribution in [0.25, 0.3) is 0 Å². The second kappa shape index (κ2) is 7.16. The molecule has 2 atom stereocenters. The Morgan fingerprint density at radius 1 is 0.963 bits per heavy atom. The normalized spacial score (nSPS) is 23.6. The number of hydrogen-bond acceptors (Lipinski definition) is 5. The molecular formula is C22H24O5. The van der Waals surface area contributed by atoms with Gasteiger partial charge in [-0.25, -0.2) is 0 Å². The zero-order valence-electron chi connectivity index (χ0n) is 16.0. The quantitative estimate of drug-likeness (QED) is 0.608. The molecule has 1 saturated heterocycles. The topological polar surface area (TPSA) is 61.8 Å². The van der Waals surface area contributed by atoms with Gasteiger partial charge in [-0.05, 0) is 30.5 Å². The van der Waals surface area contributed by atoms with Crippen molar-refractivity contribution in [2.24, 2.45) is 5.41 Å². The summed E-state index contributed by atoms with van der Waals surface area (Å²) in [6, 6.07) is 17.2. The number of benzene rings is 2. The first-order chi connectivity index (χ1) is 12.9. The van der Waals surface area contributed by atoms with Gasteiger partial charge >= 0.3 is 11.9 Å². The van der Waals surface area contributed by atoms with Gasteiger partial charge in [-0.15, -0.1) is 0 Å². The monoisotopic (exact) mass is 368 g/mol. The van der Waals surface area contributed by atoms with Crippen LogP contribution in [0.2, 0.25) is 0 Å². The van der Waals surface area contributed by atoms with Crippen LogP contribution in [0.4, 0.5) is 0 Å². The minimum atomic E-state index is -1.58. The molecule has 0 spiro atoms. The molecule has 2 aromatic rings. The average Bonchev–Trinajstić information content (AvgIpc) is 3.03. The molecule has 0 saturated carbocycles. The fraction of sp³-hybridized carbons (Fsp3) is 0.364. The zero-order chi connectivity index (χ0) is 19.7. The highest BCUT2D eigenvalue weighted by molar-refractivity contribution is 6.01. The van der Waals surface area contributed by atoms with Crippen molar-refractivity contribution >= 4 is 11.9 Å². The second-order valence-electron chi connectivity index (χ2n) is 7.08. The standard InChI is InChI=1S/C22H24O5/c1-15-10-8-9-13-17(15)18-22(19(23)25-3,20(24)26-4)14-21(2,27-18)16-11-6-5-7-12-16/h5-13,18H,14H2,1-4H3/t18-,21-/m1/s1. The van der Waals surface area contributed by atoms with E-state index in [0.717, 1.165) is 16.7 Å². The summed E-state index contributed by atoms with van der Waals surface area (Å²) in [5, 5.41) is 0. The summed E-state index contributed by atoms with van der Waals surface area (Å²) in [5.74, 6) is -1.30. The lowest BCUT2D eigenvalue weighted by atomic mass is 9.73. The van der Waals surface area contributed by atoms with Crippen molar-refractivity contribution < 1.29 is 23.8 Å². The minimum absolute atomic E-state index is 0.127. The summed E-state index contributed by atoms with van der Waals surface area (Å²) in [5.41, 5.74) is 0.153. The molecule has 0 aromatic heterocycles. The second-order valence-corrected chi connectivity index (χ2v) is 7.08. The van der Waals surface area contributed by atoms with E-state index in [9.17, 15) is 9.59 Å². The average molecular weight is 368 g/mol. The van der Waals surface area contributed by atoms with Crippen LogP contribution in [0.3, 0.4) is 0 Å². The highest BCUT2D eigenvalue weighted by Gasteiger charge is 2.65. The Morgan fingerprint density at radius 2 is 1.52 bits per heavy atom. The maximum Gasteiger partial charge on any atom is 0.326 e. The van der Waals surface area contributed by atoms with Gasteiger partial charge in [0.1, 0.15) is 6.10 Å². The Kier molecular flexibility index (Phi) is 5.07. The van der Waals surface area contributed by atoms with Crippen molar-refractivity contribution in [2.45, 2.75) is 32.0 Å². The van der Waals surface area contributed by atoms with Crippen LogP contribution in [-0.2, 0) is 29.4 Å². The van der Waals surface area contributed by atoms with Crippen molar-refractivity contribution in [1.29, 1.82) is 0 Å². The molecule has 0 bridgehead atoms. The summed E-state index contributed by atoms with van der Waals surface area (Å²) in [7, 11) is 2.56. The molecule has 5 nitrogen and oxygen atoms in total. The fourth-order valence-electron chi connectivity index (χ4n) is 4.00. The summed E-state index contributed by atoms with van der Waals surface area (Å²) < 4.78 is 16.6. The Bertz CT molecular complexity index is 829. The Morgan fingerprint density at radius 3 is 2.07 bits per heavy atom. The van der Waals surface area contributed by atoms with E-state index in [2.05, 4.69) is 0 Å². The molecule has 0 N–H and O–H groups in total. The van der Waals surface area contributed by atoms with Gasteiger partial charge in [-0.3, -0.25) is 9.59 Å². The molecule has 27 heavy (non-hydrogen) atoms. The van der Waals surface area contributed by atoms with Gasteiger partial charge in [0.2, 0.25) is 0 Å². The van der Waals surface area contributed by atoms with Crippen LogP contribution < -0.4 is 0 Å². The van der Waals surface area contributed by atoms with Crippen LogP contribution in [0, 0.1) is 12.3 Å². The maximum absolute atomic E-state index is 12.9. The van der Waals surface area contributed by atoms with E-state index in [-0.39, 0.29) is 6.42 Å². The number of ether oxygens (including phenoxy) is 3. The number of esters is 2. The highest BCUT2D eigenvalue weighted by Crippen LogP contribution is 2.57. The number of hydrogen-bond donors (Lipinski definition) is 0. The van der Waals surface area contributed by atoms with Crippen LogP contribution in [0.5, 0.6) is 0 Å². The van der Waals surface area contributed by atoms with Gasteiger partial charge in [0.25, 0.3) is 0 Å². The van der Waals surface area contributed by atoms with Crippen molar-refractivity contribution in [3.05, 3.63) is 71.3 Å². The molecule has 0 radical (unpaired) electrons. The van der Waals surface area contributed by atoms with Gasteiger partial charge in [-0.1, -0.05) is 54.6 Å². The van der Waals surface area contributed by atoms with Crippen molar-refractivity contribution in [3.63, 3.8) is 0 Å². The predicted molar refractivity (Wildman–Crippen MR) is 99.9 cm³/mol. The lowest BCUT2D eigenvalue weighted by molar-refractivity contribution is -0.174. The van der Waals surface area contributed by atoms with E-state index in [1.165, 1.54) is 14.2 Å². The van der Waals surface area contributed by atoms with E-state index < -0.39 is 29.1 Å². The van der Waals surface area contributed by atoms with E-state index in [1.807, 2.05) is 68.4 Å². The molecule has 5 heteroatoms. The molecule has 2 aromatic carbocycles. The van der Waals surface area contributed by atoms with E-state index in [0.29, 0.717) is 0 Å². The largest absolute Gasteiger partial charge is 0.468 e. The number of carbonyl (C=O) groups excluding carboxylic acids is 2. The van der Waals surface area contributed by atoms with Gasteiger partial charge in [-0.2, -0.15) is 0 Å².